The van der Waals surface area contributed by atoms with Crippen LogP contribution in [0.4, 0.5) is 18.9 Å². The molecule has 2 rings (SSSR count). The van der Waals surface area contributed by atoms with Crippen LogP contribution in [0.1, 0.15) is 18.1 Å². The standard InChI is InChI=1S/C15H18F3N3/c1-10-8-21(9-14(10)20(2)3)12-5-4-11(7-19)13(6-12)15(16,17)18/h4-6,10,14H,8-9H2,1-3H3. The van der Waals surface area contributed by atoms with Crippen LogP contribution in [0.15, 0.2) is 18.2 Å². The summed E-state index contributed by atoms with van der Waals surface area (Å²) in [4.78, 5) is 4.05. The summed E-state index contributed by atoms with van der Waals surface area (Å²) in [7, 11) is 3.95. The zero-order valence-electron chi connectivity index (χ0n) is 12.3. The van der Waals surface area contributed by atoms with Crippen LogP contribution in [-0.4, -0.2) is 38.1 Å². The van der Waals surface area contributed by atoms with Crippen LogP contribution < -0.4 is 4.90 Å². The first-order chi connectivity index (χ1) is 9.74. The van der Waals surface area contributed by atoms with Crippen molar-refractivity contribution in [1.29, 1.82) is 5.26 Å². The van der Waals surface area contributed by atoms with Crippen molar-refractivity contribution in [2.24, 2.45) is 5.92 Å². The lowest BCUT2D eigenvalue weighted by Crippen LogP contribution is -2.34. The van der Waals surface area contributed by atoms with Gasteiger partial charge in [0.25, 0.3) is 0 Å². The molecule has 21 heavy (non-hydrogen) atoms. The molecule has 114 valence electrons. The molecule has 2 atom stereocenters. The second kappa shape index (κ2) is 5.57. The highest BCUT2D eigenvalue weighted by atomic mass is 19.4. The highest BCUT2D eigenvalue weighted by Crippen LogP contribution is 2.35. The fourth-order valence-electron chi connectivity index (χ4n) is 2.89. The number of hydrogen-bond acceptors (Lipinski definition) is 3. The smallest absolute Gasteiger partial charge is 0.370 e. The van der Waals surface area contributed by atoms with Crippen molar-refractivity contribution in [3.05, 3.63) is 29.3 Å². The molecular formula is C15H18F3N3. The molecule has 0 spiro atoms. The van der Waals surface area contributed by atoms with Crippen LogP contribution in [0.5, 0.6) is 0 Å². The lowest BCUT2D eigenvalue weighted by molar-refractivity contribution is -0.137. The summed E-state index contributed by atoms with van der Waals surface area (Å²) in [6.07, 6.45) is -4.51. The largest absolute Gasteiger partial charge is 0.417 e. The molecule has 0 saturated carbocycles. The Morgan fingerprint density at radius 1 is 1.29 bits per heavy atom. The molecule has 1 aliphatic heterocycles. The van der Waals surface area contributed by atoms with Crippen LogP contribution in [0.3, 0.4) is 0 Å². The number of alkyl halides is 3. The van der Waals surface area contributed by atoms with Crippen molar-refractivity contribution < 1.29 is 13.2 Å². The predicted octanol–water partition coefficient (Wildman–Crippen LogP) is 2.96. The average Bonchev–Trinajstić information content (AvgIpc) is 2.79. The van der Waals surface area contributed by atoms with E-state index in [0.29, 0.717) is 30.7 Å². The van der Waals surface area contributed by atoms with E-state index >= 15 is 0 Å². The highest BCUT2D eigenvalue weighted by Gasteiger charge is 2.36. The van der Waals surface area contributed by atoms with Gasteiger partial charge in [-0.15, -0.1) is 0 Å². The summed E-state index contributed by atoms with van der Waals surface area (Å²) >= 11 is 0. The Bertz CT molecular complexity index is 560. The number of benzene rings is 1. The van der Waals surface area contributed by atoms with Crippen molar-refractivity contribution in [1.82, 2.24) is 4.90 Å². The van der Waals surface area contributed by atoms with Gasteiger partial charge < -0.3 is 9.80 Å². The van der Waals surface area contributed by atoms with E-state index in [1.807, 2.05) is 19.0 Å². The Labute approximate surface area is 122 Å². The van der Waals surface area contributed by atoms with Crippen LogP contribution in [0, 0.1) is 17.2 Å². The van der Waals surface area contributed by atoms with E-state index in [-0.39, 0.29) is 5.56 Å². The predicted molar refractivity (Wildman–Crippen MR) is 75.0 cm³/mol. The molecule has 1 fully saturated rings. The first kappa shape index (κ1) is 15.6. The summed E-state index contributed by atoms with van der Waals surface area (Å²) in [6.45, 7) is 3.50. The molecule has 1 aromatic carbocycles. The van der Waals surface area contributed by atoms with Crippen LogP contribution >= 0.6 is 0 Å². The molecule has 0 radical (unpaired) electrons. The molecular weight excluding hydrogens is 279 g/mol. The number of rotatable bonds is 2. The van der Waals surface area contributed by atoms with Crippen LogP contribution in [0.25, 0.3) is 0 Å². The maximum absolute atomic E-state index is 13.0. The number of anilines is 1. The Morgan fingerprint density at radius 2 is 1.95 bits per heavy atom. The Balaban J connectivity index is 2.33. The van der Waals surface area contributed by atoms with E-state index in [9.17, 15) is 13.2 Å². The van der Waals surface area contributed by atoms with Gasteiger partial charge >= 0.3 is 6.18 Å². The Morgan fingerprint density at radius 3 is 2.43 bits per heavy atom. The molecule has 2 unspecified atom stereocenters. The number of halogens is 3. The third-order valence-corrected chi connectivity index (χ3v) is 4.03. The van der Waals surface area contributed by atoms with Gasteiger partial charge in [-0.05, 0) is 38.2 Å². The minimum Gasteiger partial charge on any atom is -0.370 e. The first-order valence-electron chi connectivity index (χ1n) is 6.76. The SMILES string of the molecule is CC1CN(c2ccc(C#N)c(C(F)(F)F)c2)CC1N(C)C. The molecule has 1 aromatic rings. The van der Waals surface area contributed by atoms with Gasteiger partial charge in [-0.3, -0.25) is 0 Å². The molecule has 0 bridgehead atoms. The maximum atomic E-state index is 13.0. The van der Waals surface area contributed by atoms with Gasteiger partial charge in [0, 0.05) is 24.8 Å². The topological polar surface area (TPSA) is 30.3 Å². The number of hydrogen-bond donors (Lipinski definition) is 0. The summed E-state index contributed by atoms with van der Waals surface area (Å²) in [5, 5.41) is 8.82. The number of likely N-dealkylation sites (N-methyl/N-ethyl adjacent to an activating group) is 1. The summed E-state index contributed by atoms with van der Waals surface area (Å²) in [5.74, 6) is 0.380. The molecule has 6 heteroatoms. The first-order valence-corrected chi connectivity index (χ1v) is 6.76. The van der Waals surface area contributed by atoms with E-state index in [1.54, 1.807) is 12.1 Å². The van der Waals surface area contributed by atoms with Crippen LogP contribution in [-0.2, 0) is 6.18 Å². The van der Waals surface area contributed by atoms with Gasteiger partial charge in [0.05, 0.1) is 17.2 Å². The van der Waals surface area contributed by atoms with Crippen molar-refractivity contribution in [2.75, 3.05) is 32.1 Å². The third kappa shape index (κ3) is 3.13. The molecule has 1 saturated heterocycles. The van der Waals surface area contributed by atoms with Crippen molar-refractivity contribution in [3.8, 4) is 6.07 Å². The molecule has 0 N–H and O–H groups in total. The zero-order valence-corrected chi connectivity index (χ0v) is 12.3. The number of nitriles is 1. The molecule has 0 amide bonds. The second-order valence-electron chi connectivity index (χ2n) is 5.75. The normalized spacial score (nSPS) is 22.7. The molecule has 0 aliphatic carbocycles. The van der Waals surface area contributed by atoms with Gasteiger partial charge in [0.1, 0.15) is 0 Å². The summed E-state index contributed by atoms with van der Waals surface area (Å²) in [6, 6.07) is 5.86. The third-order valence-electron chi connectivity index (χ3n) is 4.03. The Kier molecular flexibility index (Phi) is 4.15. The van der Waals surface area contributed by atoms with E-state index < -0.39 is 11.7 Å². The van der Waals surface area contributed by atoms with Gasteiger partial charge in [0.2, 0.25) is 0 Å². The fraction of sp³-hybridized carbons (Fsp3) is 0.533. The second-order valence-corrected chi connectivity index (χ2v) is 5.75. The summed E-state index contributed by atoms with van der Waals surface area (Å²) < 4.78 is 39.0. The van der Waals surface area contributed by atoms with E-state index in [4.69, 9.17) is 5.26 Å². The van der Waals surface area contributed by atoms with Crippen molar-refractivity contribution >= 4 is 5.69 Å². The van der Waals surface area contributed by atoms with Crippen molar-refractivity contribution in [3.63, 3.8) is 0 Å². The molecule has 1 aliphatic rings. The molecule has 0 aromatic heterocycles. The van der Waals surface area contributed by atoms with E-state index in [2.05, 4.69) is 11.8 Å². The minimum absolute atomic E-state index is 0.315. The molecule has 1 heterocycles. The minimum atomic E-state index is -4.51. The monoisotopic (exact) mass is 297 g/mol. The van der Waals surface area contributed by atoms with Gasteiger partial charge in [-0.25, -0.2) is 0 Å². The van der Waals surface area contributed by atoms with E-state index in [0.717, 1.165) is 6.07 Å². The lowest BCUT2D eigenvalue weighted by atomic mass is 10.1. The number of nitrogens with zero attached hydrogens (tertiary/aromatic N) is 3. The highest BCUT2D eigenvalue weighted by molar-refractivity contribution is 5.55. The van der Waals surface area contributed by atoms with Crippen molar-refractivity contribution in [2.45, 2.75) is 19.1 Å². The van der Waals surface area contributed by atoms with Gasteiger partial charge in [-0.2, -0.15) is 18.4 Å². The zero-order chi connectivity index (χ0) is 15.8. The maximum Gasteiger partial charge on any atom is 0.417 e. The Hall–Kier alpha value is -1.74. The lowest BCUT2D eigenvalue weighted by Gasteiger charge is -2.23. The quantitative estimate of drug-likeness (QED) is 0.841. The van der Waals surface area contributed by atoms with Gasteiger partial charge in [0.15, 0.2) is 0 Å². The molecule has 3 nitrogen and oxygen atoms in total. The van der Waals surface area contributed by atoms with Gasteiger partial charge in [-0.1, -0.05) is 6.92 Å². The van der Waals surface area contributed by atoms with E-state index in [1.165, 1.54) is 6.07 Å². The fourth-order valence-corrected chi connectivity index (χ4v) is 2.89. The average molecular weight is 297 g/mol. The van der Waals surface area contributed by atoms with Crippen LogP contribution in [0.2, 0.25) is 0 Å². The summed E-state index contributed by atoms with van der Waals surface area (Å²) in [5.41, 5.74) is -0.663.